The number of hydrogen-bond donors (Lipinski definition) is 0. The standard InChI is InChI=1S/C8H4BrF2IN2/c9-5-3-14-8(12)6(7(10)11)4(5)1-2-13/h3,7H,1H2. The van der Waals surface area contributed by atoms with E-state index < -0.39 is 6.43 Å². The number of nitriles is 1. The monoisotopic (exact) mass is 372 g/mol. The summed E-state index contributed by atoms with van der Waals surface area (Å²) >= 11 is 4.84. The van der Waals surface area contributed by atoms with Crippen LogP contribution in [0.5, 0.6) is 0 Å². The summed E-state index contributed by atoms with van der Waals surface area (Å²) in [5.74, 6) is 0. The van der Waals surface area contributed by atoms with Crippen molar-refractivity contribution < 1.29 is 8.78 Å². The third-order valence-electron chi connectivity index (χ3n) is 1.60. The van der Waals surface area contributed by atoms with Crippen molar-refractivity contribution >= 4 is 38.5 Å². The molecular weight excluding hydrogens is 369 g/mol. The smallest absolute Gasteiger partial charge is 0.249 e. The maximum absolute atomic E-state index is 12.6. The van der Waals surface area contributed by atoms with Crippen LogP contribution in [0.1, 0.15) is 17.6 Å². The zero-order valence-corrected chi connectivity index (χ0v) is 10.5. The number of aromatic nitrogens is 1. The minimum absolute atomic E-state index is 0.0429. The first kappa shape index (κ1) is 11.8. The Morgan fingerprint density at radius 1 is 1.64 bits per heavy atom. The maximum atomic E-state index is 12.6. The van der Waals surface area contributed by atoms with E-state index >= 15 is 0 Å². The van der Waals surface area contributed by atoms with Crippen LogP contribution >= 0.6 is 38.5 Å². The first-order chi connectivity index (χ1) is 6.57. The molecule has 74 valence electrons. The Hall–Kier alpha value is -0.290. The van der Waals surface area contributed by atoms with Gasteiger partial charge in [-0.1, -0.05) is 0 Å². The van der Waals surface area contributed by atoms with Gasteiger partial charge in [0.05, 0.1) is 18.1 Å². The molecule has 0 aliphatic rings. The van der Waals surface area contributed by atoms with E-state index in [2.05, 4.69) is 20.9 Å². The van der Waals surface area contributed by atoms with Crippen LogP contribution < -0.4 is 0 Å². The van der Waals surface area contributed by atoms with Crippen LogP contribution in [-0.2, 0) is 6.42 Å². The number of nitrogens with zero attached hydrogens (tertiary/aromatic N) is 2. The molecule has 0 amide bonds. The molecule has 2 nitrogen and oxygen atoms in total. The highest BCUT2D eigenvalue weighted by Crippen LogP contribution is 2.31. The average molecular weight is 373 g/mol. The largest absolute Gasteiger partial charge is 0.266 e. The van der Waals surface area contributed by atoms with Crippen molar-refractivity contribution in [2.45, 2.75) is 12.8 Å². The number of alkyl halides is 2. The molecule has 1 heterocycles. The summed E-state index contributed by atoms with van der Waals surface area (Å²) in [7, 11) is 0. The fourth-order valence-electron chi connectivity index (χ4n) is 0.994. The van der Waals surface area contributed by atoms with E-state index in [4.69, 9.17) is 5.26 Å². The minimum atomic E-state index is -2.60. The second-order valence-electron chi connectivity index (χ2n) is 2.42. The summed E-state index contributed by atoms with van der Waals surface area (Å²) in [5, 5.41) is 8.50. The summed E-state index contributed by atoms with van der Waals surface area (Å²) in [6.07, 6.45) is -1.21. The average Bonchev–Trinajstić information content (AvgIpc) is 2.11. The third kappa shape index (κ3) is 2.39. The Morgan fingerprint density at radius 2 is 2.29 bits per heavy atom. The van der Waals surface area contributed by atoms with E-state index in [-0.39, 0.29) is 15.7 Å². The SMILES string of the molecule is N#CCc1c(Br)cnc(I)c1C(F)F. The van der Waals surface area contributed by atoms with E-state index in [9.17, 15) is 8.78 Å². The van der Waals surface area contributed by atoms with Gasteiger partial charge in [-0.15, -0.1) is 0 Å². The van der Waals surface area contributed by atoms with Gasteiger partial charge in [0, 0.05) is 10.7 Å². The molecule has 1 rings (SSSR count). The molecule has 0 saturated carbocycles. The molecule has 14 heavy (non-hydrogen) atoms. The molecule has 1 aromatic heterocycles. The van der Waals surface area contributed by atoms with Crippen LogP contribution in [0.4, 0.5) is 8.78 Å². The first-order valence-electron chi connectivity index (χ1n) is 3.55. The van der Waals surface area contributed by atoms with Gasteiger partial charge in [0.15, 0.2) is 0 Å². The van der Waals surface area contributed by atoms with Crippen LogP contribution in [0.3, 0.4) is 0 Å². The van der Waals surface area contributed by atoms with Crippen LogP contribution in [0.25, 0.3) is 0 Å². The summed E-state index contributed by atoms with van der Waals surface area (Å²) in [5.41, 5.74) is 0.170. The fourth-order valence-corrected chi connectivity index (χ4v) is 2.15. The lowest BCUT2D eigenvalue weighted by Gasteiger charge is -2.09. The highest BCUT2D eigenvalue weighted by molar-refractivity contribution is 14.1. The molecule has 0 N–H and O–H groups in total. The molecule has 0 bridgehead atoms. The lowest BCUT2D eigenvalue weighted by atomic mass is 10.1. The minimum Gasteiger partial charge on any atom is -0.249 e. The Balaban J connectivity index is 3.35. The Labute approximate surface area is 102 Å². The first-order valence-corrected chi connectivity index (χ1v) is 5.43. The quantitative estimate of drug-likeness (QED) is 0.589. The molecule has 0 unspecified atom stereocenters. The summed E-state index contributed by atoms with van der Waals surface area (Å²) in [6.45, 7) is 0. The van der Waals surface area contributed by atoms with Gasteiger partial charge in [-0.25, -0.2) is 13.8 Å². The molecule has 0 aromatic carbocycles. The van der Waals surface area contributed by atoms with E-state index in [1.807, 2.05) is 6.07 Å². The Kier molecular flexibility index (Phi) is 4.19. The summed E-state index contributed by atoms with van der Waals surface area (Å²) < 4.78 is 25.9. The maximum Gasteiger partial charge on any atom is 0.266 e. The molecule has 0 aliphatic carbocycles. The van der Waals surface area contributed by atoms with E-state index in [1.54, 1.807) is 22.6 Å². The van der Waals surface area contributed by atoms with Crippen LogP contribution in [-0.4, -0.2) is 4.98 Å². The van der Waals surface area contributed by atoms with Gasteiger partial charge in [0.1, 0.15) is 3.70 Å². The van der Waals surface area contributed by atoms with Gasteiger partial charge in [-0.05, 0) is 44.1 Å². The van der Waals surface area contributed by atoms with Crippen molar-refractivity contribution in [3.8, 4) is 6.07 Å². The molecule has 0 fully saturated rings. The van der Waals surface area contributed by atoms with Gasteiger partial charge in [0.25, 0.3) is 6.43 Å². The zero-order chi connectivity index (χ0) is 10.7. The number of rotatable bonds is 2. The van der Waals surface area contributed by atoms with Crippen molar-refractivity contribution in [1.82, 2.24) is 4.98 Å². The van der Waals surface area contributed by atoms with E-state index in [0.717, 1.165) is 0 Å². The predicted molar refractivity (Wildman–Crippen MR) is 58.9 cm³/mol. The van der Waals surface area contributed by atoms with Crippen molar-refractivity contribution in [1.29, 1.82) is 5.26 Å². The van der Waals surface area contributed by atoms with Gasteiger partial charge >= 0.3 is 0 Å². The van der Waals surface area contributed by atoms with Crippen LogP contribution in [0.2, 0.25) is 0 Å². The molecular formula is C8H4BrF2IN2. The molecule has 0 saturated heterocycles. The molecule has 0 radical (unpaired) electrons. The lowest BCUT2D eigenvalue weighted by Crippen LogP contribution is -2.01. The summed E-state index contributed by atoms with van der Waals surface area (Å²) in [6, 6.07) is 1.85. The number of pyridine rings is 1. The van der Waals surface area contributed by atoms with Gasteiger partial charge < -0.3 is 0 Å². The van der Waals surface area contributed by atoms with Crippen molar-refractivity contribution in [2.24, 2.45) is 0 Å². The van der Waals surface area contributed by atoms with Crippen LogP contribution in [0, 0.1) is 15.0 Å². The van der Waals surface area contributed by atoms with Crippen molar-refractivity contribution in [2.75, 3.05) is 0 Å². The second-order valence-corrected chi connectivity index (χ2v) is 4.30. The van der Waals surface area contributed by atoms with Gasteiger partial charge in [0.2, 0.25) is 0 Å². The normalized spacial score (nSPS) is 10.3. The molecule has 0 aliphatic heterocycles. The summed E-state index contributed by atoms with van der Waals surface area (Å²) in [4.78, 5) is 3.79. The van der Waals surface area contributed by atoms with Crippen LogP contribution in [0.15, 0.2) is 10.7 Å². The van der Waals surface area contributed by atoms with Crippen molar-refractivity contribution in [3.63, 3.8) is 0 Å². The fraction of sp³-hybridized carbons (Fsp3) is 0.250. The van der Waals surface area contributed by atoms with E-state index in [0.29, 0.717) is 10.0 Å². The highest BCUT2D eigenvalue weighted by atomic mass is 127. The topological polar surface area (TPSA) is 36.7 Å². The number of halogens is 4. The van der Waals surface area contributed by atoms with Gasteiger partial charge in [-0.3, -0.25) is 0 Å². The molecule has 0 atom stereocenters. The molecule has 1 aromatic rings. The predicted octanol–water partition coefficient (Wildman–Crippen LogP) is 3.45. The van der Waals surface area contributed by atoms with E-state index in [1.165, 1.54) is 6.20 Å². The highest BCUT2D eigenvalue weighted by Gasteiger charge is 2.19. The molecule has 6 heteroatoms. The Bertz CT molecular complexity index is 390. The number of hydrogen-bond acceptors (Lipinski definition) is 2. The third-order valence-corrected chi connectivity index (χ3v) is 3.14. The zero-order valence-electron chi connectivity index (χ0n) is 6.77. The van der Waals surface area contributed by atoms with Crippen molar-refractivity contribution in [3.05, 3.63) is 25.5 Å². The Morgan fingerprint density at radius 3 is 2.79 bits per heavy atom. The molecule has 0 spiro atoms. The second kappa shape index (κ2) is 4.98. The van der Waals surface area contributed by atoms with Gasteiger partial charge in [-0.2, -0.15) is 5.26 Å². The lowest BCUT2D eigenvalue weighted by molar-refractivity contribution is 0.149.